The third kappa shape index (κ3) is 4.47. The Morgan fingerprint density at radius 2 is 2.10 bits per heavy atom. The van der Waals surface area contributed by atoms with Gasteiger partial charge in [0, 0.05) is 17.7 Å². The fourth-order valence-electron chi connectivity index (χ4n) is 2.31. The van der Waals surface area contributed by atoms with Crippen LogP contribution in [-0.2, 0) is 16.8 Å². The average molecular weight is 296 g/mol. The first-order valence-corrected chi connectivity index (χ1v) is 8.15. The number of hydrogen-bond acceptors (Lipinski definition) is 4. The number of carbonyl (C=O) groups is 1. The number of thiazole rings is 1. The van der Waals surface area contributed by atoms with E-state index in [9.17, 15) is 4.79 Å². The zero-order chi connectivity index (χ0) is 14.6. The number of nitrogens with one attached hydrogen (secondary N) is 1. The van der Waals surface area contributed by atoms with Gasteiger partial charge in [-0.05, 0) is 12.8 Å². The molecule has 1 aliphatic rings. The van der Waals surface area contributed by atoms with E-state index in [-0.39, 0.29) is 11.5 Å². The first kappa shape index (κ1) is 15.3. The molecule has 4 nitrogen and oxygen atoms in total. The molecule has 0 bridgehead atoms. The summed E-state index contributed by atoms with van der Waals surface area (Å²) in [7, 11) is 0. The van der Waals surface area contributed by atoms with Crippen LogP contribution in [0.15, 0.2) is 6.20 Å². The van der Waals surface area contributed by atoms with E-state index in [0.717, 1.165) is 22.7 Å². The Bertz CT molecular complexity index is 445. The standard InChI is InChI=1S/C15H24N2O2S/c1-15(2,3)13-16-9-12(20-13)10-19-14(18)17-11-7-5-4-6-8-11/h9,11H,4-8,10H2,1-3H3,(H,17,18). The molecule has 1 amide bonds. The maximum Gasteiger partial charge on any atom is 0.407 e. The van der Waals surface area contributed by atoms with Crippen molar-refractivity contribution < 1.29 is 9.53 Å². The number of rotatable bonds is 3. The van der Waals surface area contributed by atoms with Crippen LogP contribution in [-0.4, -0.2) is 17.1 Å². The summed E-state index contributed by atoms with van der Waals surface area (Å²) in [5, 5.41) is 4.02. The Balaban J connectivity index is 1.76. The van der Waals surface area contributed by atoms with Crippen LogP contribution in [0.3, 0.4) is 0 Å². The van der Waals surface area contributed by atoms with Crippen LogP contribution < -0.4 is 5.32 Å². The quantitative estimate of drug-likeness (QED) is 0.917. The molecule has 0 spiro atoms. The summed E-state index contributed by atoms with van der Waals surface area (Å²) in [6.45, 7) is 6.71. The van der Waals surface area contributed by atoms with Crippen molar-refractivity contribution in [3.8, 4) is 0 Å². The highest BCUT2D eigenvalue weighted by molar-refractivity contribution is 7.11. The van der Waals surface area contributed by atoms with Gasteiger partial charge in [0.05, 0.1) is 9.88 Å². The van der Waals surface area contributed by atoms with Gasteiger partial charge in [0.1, 0.15) is 6.61 Å². The molecular formula is C15H24N2O2S. The fourth-order valence-corrected chi connectivity index (χ4v) is 3.20. The van der Waals surface area contributed by atoms with Crippen LogP contribution in [0.5, 0.6) is 0 Å². The zero-order valence-corrected chi connectivity index (χ0v) is 13.4. The van der Waals surface area contributed by atoms with Crippen molar-refractivity contribution in [2.75, 3.05) is 0 Å². The molecule has 1 saturated carbocycles. The lowest BCUT2D eigenvalue weighted by Gasteiger charge is -2.22. The Kier molecular flexibility index (Phi) is 5.02. The lowest BCUT2D eigenvalue weighted by Crippen LogP contribution is -2.36. The van der Waals surface area contributed by atoms with Gasteiger partial charge in [-0.25, -0.2) is 9.78 Å². The van der Waals surface area contributed by atoms with Gasteiger partial charge in [-0.1, -0.05) is 40.0 Å². The van der Waals surface area contributed by atoms with Gasteiger partial charge >= 0.3 is 6.09 Å². The van der Waals surface area contributed by atoms with E-state index in [2.05, 4.69) is 31.1 Å². The van der Waals surface area contributed by atoms with Gasteiger partial charge in [0.15, 0.2) is 0 Å². The van der Waals surface area contributed by atoms with Crippen LogP contribution >= 0.6 is 11.3 Å². The maximum atomic E-state index is 11.7. The molecule has 1 heterocycles. The van der Waals surface area contributed by atoms with Gasteiger partial charge in [0.2, 0.25) is 0 Å². The largest absolute Gasteiger partial charge is 0.444 e. The molecule has 0 saturated heterocycles. The van der Waals surface area contributed by atoms with Crippen LogP contribution in [0.2, 0.25) is 0 Å². The number of nitrogens with zero attached hydrogens (tertiary/aromatic N) is 1. The zero-order valence-electron chi connectivity index (χ0n) is 12.6. The topological polar surface area (TPSA) is 51.2 Å². The first-order chi connectivity index (χ1) is 9.45. The number of alkyl carbamates (subject to hydrolysis) is 1. The molecule has 0 aliphatic heterocycles. The molecule has 1 aliphatic carbocycles. The predicted octanol–water partition coefficient (Wildman–Crippen LogP) is 4.00. The van der Waals surface area contributed by atoms with Gasteiger partial charge in [-0.2, -0.15) is 0 Å². The molecule has 0 radical (unpaired) electrons. The fraction of sp³-hybridized carbons (Fsp3) is 0.733. The molecule has 1 aromatic heterocycles. The molecule has 1 N–H and O–H groups in total. The van der Waals surface area contributed by atoms with Gasteiger partial charge < -0.3 is 10.1 Å². The smallest absolute Gasteiger partial charge is 0.407 e. The minimum absolute atomic E-state index is 0.0489. The van der Waals surface area contributed by atoms with Crippen LogP contribution in [0, 0.1) is 0 Å². The monoisotopic (exact) mass is 296 g/mol. The van der Waals surface area contributed by atoms with E-state index < -0.39 is 0 Å². The SMILES string of the molecule is CC(C)(C)c1ncc(COC(=O)NC2CCCCC2)s1. The lowest BCUT2D eigenvalue weighted by molar-refractivity contribution is 0.134. The number of aromatic nitrogens is 1. The van der Waals surface area contributed by atoms with E-state index >= 15 is 0 Å². The second kappa shape index (κ2) is 6.57. The predicted molar refractivity (Wildman–Crippen MR) is 81.0 cm³/mol. The summed E-state index contributed by atoms with van der Waals surface area (Å²) >= 11 is 1.61. The summed E-state index contributed by atoms with van der Waals surface area (Å²) in [5.41, 5.74) is 0.0489. The van der Waals surface area contributed by atoms with Crippen molar-refractivity contribution in [1.29, 1.82) is 0 Å². The van der Waals surface area contributed by atoms with Crippen molar-refractivity contribution in [2.24, 2.45) is 0 Å². The van der Waals surface area contributed by atoms with E-state index in [1.807, 2.05) is 0 Å². The average Bonchev–Trinajstić information content (AvgIpc) is 2.86. The number of carbonyl (C=O) groups excluding carboxylic acids is 1. The summed E-state index contributed by atoms with van der Waals surface area (Å²) in [6, 6.07) is 0.294. The second-order valence-corrected chi connectivity index (χ2v) is 7.55. The van der Waals surface area contributed by atoms with Crippen LogP contribution in [0.1, 0.15) is 62.8 Å². The number of hydrogen-bond donors (Lipinski definition) is 1. The lowest BCUT2D eigenvalue weighted by atomic mass is 9.96. The molecule has 0 unspecified atom stereocenters. The molecule has 5 heteroatoms. The summed E-state index contributed by atoms with van der Waals surface area (Å²) < 4.78 is 5.28. The van der Waals surface area contributed by atoms with Crippen molar-refractivity contribution in [1.82, 2.24) is 10.3 Å². The second-order valence-electron chi connectivity index (χ2n) is 6.44. The molecule has 20 heavy (non-hydrogen) atoms. The minimum atomic E-state index is -0.303. The van der Waals surface area contributed by atoms with Gasteiger partial charge in [-0.15, -0.1) is 11.3 Å². The number of amides is 1. The highest BCUT2D eigenvalue weighted by Gasteiger charge is 2.19. The van der Waals surface area contributed by atoms with Crippen molar-refractivity contribution in [2.45, 2.75) is 70.9 Å². The summed E-state index contributed by atoms with van der Waals surface area (Å²) in [5.74, 6) is 0. The van der Waals surface area contributed by atoms with E-state index in [1.165, 1.54) is 19.3 Å². The first-order valence-electron chi connectivity index (χ1n) is 7.33. The Morgan fingerprint density at radius 3 is 2.70 bits per heavy atom. The van der Waals surface area contributed by atoms with Crippen molar-refractivity contribution in [3.63, 3.8) is 0 Å². The normalized spacial score (nSPS) is 16.9. The van der Waals surface area contributed by atoms with Crippen molar-refractivity contribution >= 4 is 17.4 Å². The van der Waals surface area contributed by atoms with Crippen LogP contribution in [0.4, 0.5) is 4.79 Å². The Morgan fingerprint density at radius 1 is 1.40 bits per heavy atom. The van der Waals surface area contributed by atoms with Gasteiger partial charge in [-0.3, -0.25) is 0 Å². The summed E-state index contributed by atoms with van der Waals surface area (Å²) in [6.07, 6.45) is 7.34. The maximum absolute atomic E-state index is 11.7. The molecule has 1 fully saturated rings. The third-order valence-corrected chi connectivity index (χ3v) is 4.86. The van der Waals surface area contributed by atoms with E-state index in [0.29, 0.717) is 12.6 Å². The molecule has 2 rings (SSSR count). The molecule has 0 aromatic carbocycles. The summed E-state index contributed by atoms with van der Waals surface area (Å²) in [4.78, 5) is 17.1. The minimum Gasteiger partial charge on any atom is -0.444 e. The Hall–Kier alpha value is -1.10. The third-order valence-electron chi connectivity index (χ3n) is 3.47. The highest BCUT2D eigenvalue weighted by atomic mass is 32.1. The van der Waals surface area contributed by atoms with E-state index in [1.54, 1.807) is 17.5 Å². The van der Waals surface area contributed by atoms with Crippen molar-refractivity contribution in [3.05, 3.63) is 16.1 Å². The molecule has 1 aromatic rings. The molecule has 112 valence electrons. The molecule has 0 atom stereocenters. The van der Waals surface area contributed by atoms with Gasteiger partial charge in [0.25, 0.3) is 0 Å². The van der Waals surface area contributed by atoms with E-state index in [4.69, 9.17) is 4.74 Å². The highest BCUT2D eigenvalue weighted by Crippen LogP contribution is 2.27. The van der Waals surface area contributed by atoms with Crippen LogP contribution in [0.25, 0.3) is 0 Å². The Labute approximate surface area is 124 Å². The molecular weight excluding hydrogens is 272 g/mol. The number of ether oxygens (including phenoxy) is 1.